The van der Waals surface area contributed by atoms with Crippen molar-refractivity contribution in [2.24, 2.45) is 0 Å². The lowest BCUT2D eigenvalue weighted by Gasteiger charge is -1.94. The second-order valence-electron chi connectivity index (χ2n) is 2.19. The van der Waals surface area contributed by atoms with Crippen LogP contribution < -0.4 is 5.32 Å². The van der Waals surface area contributed by atoms with Crippen molar-refractivity contribution in [2.45, 2.75) is 12.8 Å². The molecule has 0 aliphatic rings. The summed E-state index contributed by atoms with van der Waals surface area (Å²) in [4.78, 5) is 3.99. The first-order valence-electron chi connectivity index (χ1n) is 3.45. The molecule has 0 radical (unpaired) electrons. The molecule has 0 saturated heterocycles. The predicted molar refractivity (Wildman–Crippen MR) is 38.8 cm³/mol. The zero-order valence-electron chi connectivity index (χ0n) is 6.13. The second kappa shape index (κ2) is 4.06. The lowest BCUT2D eigenvalue weighted by Crippen LogP contribution is -2.08. The minimum absolute atomic E-state index is 0.997. The molecule has 0 aliphatic carbocycles. The molecule has 0 spiro atoms. The number of nitrogens with one attached hydrogen (secondary N) is 1. The van der Waals surface area contributed by atoms with Crippen LogP contribution in [0.5, 0.6) is 0 Å². The van der Waals surface area contributed by atoms with Crippen LogP contribution in [0.2, 0.25) is 0 Å². The Hall–Kier alpha value is -0.830. The van der Waals surface area contributed by atoms with Crippen LogP contribution in [0.4, 0.5) is 0 Å². The van der Waals surface area contributed by atoms with Crippen LogP contribution in [0.1, 0.15) is 12.1 Å². The number of rotatable bonds is 4. The molecule has 3 heteroatoms. The van der Waals surface area contributed by atoms with E-state index in [1.54, 1.807) is 6.26 Å². The van der Waals surface area contributed by atoms with Crippen molar-refractivity contribution in [1.82, 2.24) is 10.3 Å². The predicted octanol–water partition coefficient (Wildman–Crippen LogP) is 0.827. The van der Waals surface area contributed by atoms with Crippen molar-refractivity contribution in [3.63, 3.8) is 0 Å². The average Bonchev–Trinajstić information content (AvgIpc) is 2.41. The van der Waals surface area contributed by atoms with Gasteiger partial charge < -0.3 is 9.73 Å². The summed E-state index contributed by atoms with van der Waals surface area (Å²) in [5.74, 6) is 0. The number of aromatic nitrogens is 1. The molecule has 0 fully saturated rings. The van der Waals surface area contributed by atoms with E-state index >= 15 is 0 Å². The molecular formula is C7H12N2O. The van der Waals surface area contributed by atoms with Crippen molar-refractivity contribution in [3.05, 3.63) is 18.4 Å². The van der Waals surface area contributed by atoms with E-state index in [1.807, 2.05) is 7.05 Å². The fraction of sp³-hybridized carbons (Fsp3) is 0.571. The Morgan fingerprint density at radius 3 is 3.20 bits per heavy atom. The molecule has 0 aromatic carbocycles. The van der Waals surface area contributed by atoms with E-state index in [-0.39, 0.29) is 0 Å². The Bertz CT molecular complexity index is 160. The summed E-state index contributed by atoms with van der Waals surface area (Å²) in [5, 5.41) is 3.07. The second-order valence-corrected chi connectivity index (χ2v) is 2.19. The summed E-state index contributed by atoms with van der Waals surface area (Å²) in [5.41, 5.74) is 1.04. The van der Waals surface area contributed by atoms with Crippen LogP contribution >= 0.6 is 0 Å². The number of aryl methyl sites for hydroxylation is 1. The minimum atomic E-state index is 0.997. The third-order valence-corrected chi connectivity index (χ3v) is 1.34. The zero-order valence-corrected chi connectivity index (χ0v) is 6.13. The molecule has 0 bridgehead atoms. The van der Waals surface area contributed by atoms with Gasteiger partial charge in [-0.3, -0.25) is 0 Å². The van der Waals surface area contributed by atoms with Gasteiger partial charge >= 0.3 is 0 Å². The van der Waals surface area contributed by atoms with Gasteiger partial charge in [-0.2, -0.15) is 0 Å². The molecule has 56 valence electrons. The largest absolute Gasteiger partial charge is 0.451 e. The van der Waals surface area contributed by atoms with Gasteiger partial charge in [-0.25, -0.2) is 4.98 Å². The van der Waals surface area contributed by atoms with Crippen molar-refractivity contribution in [2.75, 3.05) is 13.6 Å². The molecule has 0 amide bonds. The lowest BCUT2D eigenvalue weighted by molar-refractivity contribution is 0.555. The van der Waals surface area contributed by atoms with Crippen molar-refractivity contribution >= 4 is 0 Å². The number of oxazole rings is 1. The van der Waals surface area contributed by atoms with Crippen LogP contribution in [0.3, 0.4) is 0 Å². The molecule has 10 heavy (non-hydrogen) atoms. The summed E-state index contributed by atoms with van der Waals surface area (Å²) >= 11 is 0. The monoisotopic (exact) mass is 140 g/mol. The van der Waals surface area contributed by atoms with Crippen LogP contribution in [-0.2, 0) is 6.42 Å². The fourth-order valence-electron chi connectivity index (χ4n) is 0.807. The standard InChI is InChI=1S/C7H12N2O/c1-8-4-2-3-7-5-10-6-9-7/h5-6,8H,2-4H2,1H3. The molecule has 0 atom stereocenters. The number of nitrogens with zero attached hydrogens (tertiary/aromatic N) is 1. The Morgan fingerprint density at radius 2 is 2.60 bits per heavy atom. The average molecular weight is 140 g/mol. The van der Waals surface area contributed by atoms with Gasteiger partial charge in [0.1, 0.15) is 6.26 Å². The molecular weight excluding hydrogens is 128 g/mol. The van der Waals surface area contributed by atoms with E-state index in [0.29, 0.717) is 0 Å². The van der Waals surface area contributed by atoms with E-state index in [4.69, 9.17) is 4.42 Å². The summed E-state index contributed by atoms with van der Waals surface area (Å²) in [6.45, 7) is 1.03. The molecule has 0 aliphatic heterocycles. The highest BCUT2D eigenvalue weighted by Crippen LogP contribution is 1.97. The Balaban J connectivity index is 2.15. The highest BCUT2D eigenvalue weighted by atomic mass is 16.3. The summed E-state index contributed by atoms with van der Waals surface area (Å²) in [7, 11) is 1.95. The van der Waals surface area contributed by atoms with Crippen molar-refractivity contribution in [1.29, 1.82) is 0 Å². The van der Waals surface area contributed by atoms with Crippen LogP contribution in [-0.4, -0.2) is 18.6 Å². The first-order valence-corrected chi connectivity index (χ1v) is 3.45. The van der Waals surface area contributed by atoms with Gasteiger partial charge in [0.2, 0.25) is 0 Å². The molecule has 0 unspecified atom stereocenters. The third-order valence-electron chi connectivity index (χ3n) is 1.34. The maximum atomic E-state index is 4.81. The van der Waals surface area contributed by atoms with Gasteiger partial charge in [0.25, 0.3) is 0 Å². The Kier molecular flexibility index (Phi) is 2.96. The first-order chi connectivity index (χ1) is 4.93. The molecule has 1 aromatic rings. The van der Waals surface area contributed by atoms with Gasteiger partial charge in [-0.15, -0.1) is 0 Å². The number of hydrogen-bond donors (Lipinski definition) is 1. The van der Waals surface area contributed by atoms with E-state index in [2.05, 4.69) is 10.3 Å². The van der Waals surface area contributed by atoms with Gasteiger partial charge in [-0.1, -0.05) is 0 Å². The minimum Gasteiger partial charge on any atom is -0.451 e. The zero-order chi connectivity index (χ0) is 7.23. The molecule has 1 rings (SSSR count). The Morgan fingerprint density at radius 1 is 1.70 bits per heavy atom. The quantitative estimate of drug-likeness (QED) is 0.629. The van der Waals surface area contributed by atoms with Crippen LogP contribution in [0.15, 0.2) is 17.1 Å². The maximum absolute atomic E-state index is 4.81. The van der Waals surface area contributed by atoms with Crippen LogP contribution in [0, 0.1) is 0 Å². The molecule has 1 heterocycles. The highest BCUT2D eigenvalue weighted by molar-refractivity contribution is 4.90. The topological polar surface area (TPSA) is 38.1 Å². The Labute approximate surface area is 60.5 Å². The van der Waals surface area contributed by atoms with Gasteiger partial charge in [0, 0.05) is 0 Å². The van der Waals surface area contributed by atoms with Gasteiger partial charge in [-0.05, 0) is 26.4 Å². The number of hydrogen-bond acceptors (Lipinski definition) is 3. The van der Waals surface area contributed by atoms with Gasteiger partial charge in [0.15, 0.2) is 6.39 Å². The SMILES string of the molecule is CNCCCc1cocn1. The fourth-order valence-corrected chi connectivity index (χ4v) is 0.807. The van der Waals surface area contributed by atoms with Gasteiger partial charge in [0.05, 0.1) is 5.69 Å². The lowest BCUT2D eigenvalue weighted by atomic mass is 10.2. The molecule has 1 N–H and O–H groups in total. The van der Waals surface area contributed by atoms with Crippen molar-refractivity contribution < 1.29 is 4.42 Å². The van der Waals surface area contributed by atoms with E-state index in [0.717, 1.165) is 25.1 Å². The maximum Gasteiger partial charge on any atom is 0.180 e. The normalized spacial score (nSPS) is 10.1. The van der Waals surface area contributed by atoms with E-state index in [1.165, 1.54) is 6.39 Å². The molecule has 3 nitrogen and oxygen atoms in total. The highest BCUT2D eigenvalue weighted by Gasteiger charge is 1.93. The smallest absolute Gasteiger partial charge is 0.180 e. The summed E-state index contributed by atoms with van der Waals surface area (Å²) in [6, 6.07) is 0. The third kappa shape index (κ3) is 2.19. The first kappa shape index (κ1) is 7.28. The molecule has 1 aromatic heterocycles. The van der Waals surface area contributed by atoms with E-state index < -0.39 is 0 Å². The summed E-state index contributed by atoms with van der Waals surface area (Å²) < 4.78 is 4.81. The van der Waals surface area contributed by atoms with E-state index in [9.17, 15) is 0 Å². The summed E-state index contributed by atoms with van der Waals surface area (Å²) in [6.07, 6.45) is 5.27. The van der Waals surface area contributed by atoms with Crippen LogP contribution in [0.25, 0.3) is 0 Å². The molecule has 0 saturated carbocycles. The van der Waals surface area contributed by atoms with Crippen molar-refractivity contribution in [3.8, 4) is 0 Å².